The summed E-state index contributed by atoms with van der Waals surface area (Å²) in [6.45, 7) is 7.87. The molecule has 2 aliphatic rings. The summed E-state index contributed by atoms with van der Waals surface area (Å²) in [5.74, 6) is 0.600. The molecule has 0 spiro atoms. The van der Waals surface area contributed by atoms with Crippen molar-refractivity contribution in [3.05, 3.63) is 0 Å². The summed E-state index contributed by atoms with van der Waals surface area (Å²) in [4.78, 5) is 19.8. The zero-order valence-corrected chi connectivity index (χ0v) is 15.5. The SMILES string of the molecule is CC(C)(C)OC(=O)N1CCN(C(N)=NCC2CCCS2(=O)=O)CC1. The van der Waals surface area contributed by atoms with Crippen LogP contribution in [0.3, 0.4) is 0 Å². The van der Waals surface area contributed by atoms with E-state index in [0.717, 1.165) is 0 Å². The summed E-state index contributed by atoms with van der Waals surface area (Å²) in [6, 6.07) is 0. The molecule has 138 valence electrons. The lowest BCUT2D eigenvalue weighted by atomic mass is 10.2. The van der Waals surface area contributed by atoms with Crippen molar-refractivity contribution in [2.45, 2.75) is 44.5 Å². The Morgan fingerprint density at radius 1 is 1.21 bits per heavy atom. The van der Waals surface area contributed by atoms with Gasteiger partial charge in [0.25, 0.3) is 0 Å². The van der Waals surface area contributed by atoms with E-state index in [0.29, 0.717) is 45.0 Å². The largest absolute Gasteiger partial charge is 0.444 e. The molecular weight excluding hydrogens is 332 g/mol. The summed E-state index contributed by atoms with van der Waals surface area (Å²) < 4.78 is 29.0. The van der Waals surface area contributed by atoms with E-state index < -0.39 is 20.7 Å². The number of hydrogen-bond donors (Lipinski definition) is 1. The maximum absolute atomic E-state index is 12.0. The Labute approximate surface area is 143 Å². The highest BCUT2D eigenvalue weighted by Crippen LogP contribution is 2.20. The number of nitrogens with two attached hydrogens (primary N) is 1. The minimum absolute atomic E-state index is 0.223. The van der Waals surface area contributed by atoms with Gasteiger partial charge >= 0.3 is 6.09 Å². The number of ether oxygens (including phenoxy) is 1. The zero-order chi connectivity index (χ0) is 18.0. The minimum Gasteiger partial charge on any atom is -0.444 e. The van der Waals surface area contributed by atoms with E-state index in [1.165, 1.54) is 0 Å². The van der Waals surface area contributed by atoms with Gasteiger partial charge in [0.2, 0.25) is 0 Å². The number of guanidine groups is 1. The van der Waals surface area contributed by atoms with E-state index in [4.69, 9.17) is 10.5 Å². The van der Waals surface area contributed by atoms with Crippen molar-refractivity contribution in [2.24, 2.45) is 10.7 Å². The monoisotopic (exact) mass is 360 g/mol. The molecule has 1 unspecified atom stereocenters. The molecule has 0 aromatic rings. The van der Waals surface area contributed by atoms with Crippen LogP contribution < -0.4 is 5.73 Å². The molecule has 0 aromatic carbocycles. The van der Waals surface area contributed by atoms with Crippen molar-refractivity contribution in [2.75, 3.05) is 38.5 Å². The third kappa shape index (κ3) is 4.99. The third-order valence-electron chi connectivity index (χ3n) is 4.18. The lowest BCUT2D eigenvalue weighted by Crippen LogP contribution is -2.53. The van der Waals surface area contributed by atoms with Gasteiger partial charge in [-0.15, -0.1) is 0 Å². The van der Waals surface area contributed by atoms with Crippen molar-refractivity contribution in [3.8, 4) is 0 Å². The molecule has 2 rings (SSSR count). The van der Waals surface area contributed by atoms with Crippen molar-refractivity contribution >= 4 is 21.9 Å². The molecule has 0 bridgehead atoms. The molecule has 2 fully saturated rings. The van der Waals surface area contributed by atoms with Gasteiger partial charge in [0.1, 0.15) is 5.60 Å². The lowest BCUT2D eigenvalue weighted by Gasteiger charge is -2.36. The average molecular weight is 360 g/mol. The Hall–Kier alpha value is -1.51. The molecule has 8 nitrogen and oxygen atoms in total. The smallest absolute Gasteiger partial charge is 0.410 e. The molecular formula is C15H28N4O4S. The predicted octanol–water partition coefficient (Wildman–Crippen LogP) is 0.431. The Morgan fingerprint density at radius 3 is 2.29 bits per heavy atom. The van der Waals surface area contributed by atoms with Crippen LogP contribution in [-0.2, 0) is 14.6 Å². The third-order valence-corrected chi connectivity index (χ3v) is 6.43. The Kier molecular flexibility index (Phi) is 5.62. The van der Waals surface area contributed by atoms with Crippen LogP contribution in [-0.4, -0.2) is 79.6 Å². The second kappa shape index (κ2) is 7.16. The van der Waals surface area contributed by atoms with Gasteiger partial charge in [-0.25, -0.2) is 13.2 Å². The quantitative estimate of drug-likeness (QED) is 0.565. The van der Waals surface area contributed by atoms with Crippen molar-refractivity contribution in [3.63, 3.8) is 0 Å². The van der Waals surface area contributed by atoms with Crippen LogP contribution >= 0.6 is 0 Å². The second-order valence-corrected chi connectivity index (χ2v) is 9.69. The van der Waals surface area contributed by atoms with Crippen LogP contribution in [0.25, 0.3) is 0 Å². The molecule has 0 aliphatic carbocycles. The highest BCUT2D eigenvalue weighted by molar-refractivity contribution is 7.92. The molecule has 1 amide bonds. The Morgan fingerprint density at radius 2 is 1.79 bits per heavy atom. The first-order chi connectivity index (χ1) is 11.1. The summed E-state index contributed by atoms with van der Waals surface area (Å²) in [7, 11) is -3.00. The van der Waals surface area contributed by atoms with E-state index in [1.54, 1.807) is 4.90 Å². The van der Waals surface area contributed by atoms with Gasteiger partial charge in [0, 0.05) is 26.2 Å². The number of hydrogen-bond acceptors (Lipinski definition) is 5. The van der Waals surface area contributed by atoms with Gasteiger partial charge in [-0.2, -0.15) is 0 Å². The maximum Gasteiger partial charge on any atom is 0.410 e. The van der Waals surface area contributed by atoms with Crippen LogP contribution in [0.15, 0.2) is 4.99 Å². The van der Waals surface area contributed by atoms with E-state index in [9.17, 15) is 13.2 Å². The average Bonchev–Trinajstić information content (AvgIpc) is 2.82. The van der Waals surface area contributed by atoms with Gasteiger partial charge in [-0.1, -0.05) is 0 Å². The van der Waals surface area contributed by atoms with Crippen LogP contribution in [0, 0.1) is 0 Å². The first-order valence-corrected chi connectivity index (χ1v) is 10.0. The van der Waals surface area contributed by atoms with Crippen LogP contribution in [0.5, 0.6) is 0 Å². The first kappa shape index (κ1) is 18.8. The van der Waals surface area contributed by atoms with E-state index >= 15 is 0 Å². The van der Waals surface area contributed by atoms with Gasteiger partial charge in [0.15, 0.2) is 15.8 Å². The molecule has 0 aromatic heterocycles. The standard InChI is InChI=1S/C15H28N4O4S/c1-15(2,3)23-14(20)19-8-6-18(7-9-19)13(16)17-11-12-5-4-10-24(12,21)22/h12H,4-11H2,1-3H3,(H2,16,17). The van der Waals surface area contributed by atoms with Gasteiger partial charge in [0.05, 0.1) is 17.5 Å². The number of aliphatic imine (C=N–C) groups is 1. The zero-order valence-electron chi connectivity index (χ0n) is 14.7. The highest BCUT2D eigenvalue weighted by Gasteiger charge is 2.31. The molecule has 9 heteroatoms. The summed E-state index contributed by atoms with van der Waals surface area (Å²) in [5.41, 5.74) is 5.47. The van der Waals surface area contributed by atoms with Gasteiger partial charge in [-0.3, -0.25) is 4.99 Å². The second-order valence-electron chi connectivity index (χ2n) is 7.28. The van der Waals surface area contributed by atoms with Crippen LogP contribution in [0.2, 0.25) is 0 Å². The molecule has 24 heavy (non-hydrogen) atoms. The number of piperazine rings is 1. The number of amides is 1. The summed E-state index contributed by atoms with van der Waals surface area (Å²) in [6.07, 6.45) is 1.04. The predicted molar refractivity (Wildman–Crippen MR) is 92.7 cm³/mol. The number of carbonyl (C=O) groups excluding carboxylic acids is 1. The van der Waals surface area contributed by atoms with E-state index in [2.05, 4.69) is 4.99 Å². The van der Waals surface area contributed by atoms with Crippen LogP contribution in [0.4, 0.5) is 4.79 Å². The fourth-order valence-electron chi connectivity index (χ4n) is 2.80. The van der Waals surface area contributed by atoms with Crippen molar-refractivity contribution in [1.82, 2.24) is 9.80 Å². The number of rotatable bonds is 2. The normalized spacial score (nSPS) is 25.0. The van der Waals surface area contributed by atoms with Crippen LogP contribution in [0.1, 0.15) is 33.6 Å². The fraction of sp³-hybridized carbons (Fsp3) is 0.867. The first-order valence-electron chi connectivity index (χ1n) is 8.33. The molecule has 1 atom stereocenters. The molecule has 2 N–H and O–H groups in total. The summed E-state index contributed by atoms with van der Waals surface area (Å²) in [5, 5.41) is -0.404. The minimum atomic E-state index is -3.00. The fourth-order valence-corrected chi connectivity index (χ4v) is 4.53. The van der Waals surface area contributed by atoms with Gasteiger partial charge in [-0.05, 0) is 33.6 Å². The molecule has 2 heterocycles. The lowest BCUT2D eigenvalue weighted by molar-refractivity contribution is 0.0186. The van der Waals surface area contributed by atoms with Crippen molar-refractivity contribution in [1.29, 1.82) is 0 Å². The van der Waals surface area contributed by atoms with E-state index in [-0.39, 0.29) is 18.4 Å². The molecule has 0 radical (unpaired) electrons. The van der Waals surface area contributed by atoms with Crippen molar-refractivity contribution < 1.29 is 17.9 Å². The summed E-state index contributed by atoms with van der Waals surface area (Å²) >= 11 is 0. The molecule has 2 saturated heterocycles. The van der Waals surface area contributed by atoms with Gasteiger partial charge < -0.3 is 20.3 Å². The van der Waals surface area contributed by atoms with E-state index in [1.807, 2.05) is 25.7 Å². The number of sulfone groups is 1. The number of nitrogens with zero attached hydrogens (tertiary/aromatic N) is 3. The topological polar surface area (TPSA) is 105 Å². The molecule has 0 saturated carbocycles. The maximum atomic E-state index is 12.0. The molecule has 2 aliphatic heterocycles. The Balaban J connectivity index is 1.83. The highest BCUT2D eigenvalue weighted by atomic mass is 32.2. The number of carbonyl (C=O) groups is 1. The Bertz CT molecular complexity index is 589.